The zero-order valence-corrected chi connectivity index (χ0v) is 21.6. The third kappa shape index (κ3) is 5.64. The van der Waals surface area contributed by atoms with Crippen LogP contribution < -0.4 is 4.72 Å². The monoisotopic (exact) mass is 532 g/mol. The molecule has 10 heteroatoms. The second-order valence-electron chi connectivity index (χ2n) is 7.68. The zero-order valence-electron chi connectivity index (χ0n) is 18.4. The number of sulfonamides is 1. The normalized spacial score (nSPS) is 12.6. The van der Waals surface area contributed by atoms with Crippen molar-refractivity contribution in [3.8, 4) is 5.69 Å². The van der Waals surface area contributed by atoms with Gasteiger partial charge in [-0.2, -0.15) is 0 Å². The lowest BCUT2D eigenvalue weighted by Crippen LogP contribution is -2.29. The van der Waals surface area contributed by atoms with E-state index in [1.807, 2.05) is 60.0 Å². The number of benzene rings is 3. The molecule has 0 aliphatic heterocycles. The quantitative estimate of drug-likeness (QED) is 0.273. The molecule has 1 aromatic heterocycles. The van der Waals surface area contributed by atoms with Crippen LogP contribution in [0.3, 0.4) is 0 Å². The first-order valence-electron chi connectivity index (χ1n) is 10.4. The molecule has 0 saturated heterocycles. The highest BCUT2D eigenvalue weighted by molar-refractivity contribution is 7.98. The topological polar surface area (TPSA) is 76.9 Å². The molecule has 0 saturated carbocycles. The molecule has 0 radical (unpaired) electrons. The molecule has 1 atom stereocenters. The largest absolute Gasteiger partial charge is 0.272 e. The SMILES string of the molecule is Cc1ccc(Cl)cc1-n1c(SCc2ccccc2)nnc1C(C)NS(=O)(=O)c1ccc(Cl)cc1. The van der Waals surface area contributed by atoms with Crippen molar-refractivity contribution in [1.82, 2.24) is 19.5 Å². The first-order chi connectivity index (χ1) is 16.2. The molecule has 0 bridgehead atoms. The van der Waals surface area contributed by atoms with E-state index in [1.165, 1.54) is 36.0 Å². The van der Waals surface area contributed by atoms with E-state index in [4.69, 9.17) is 23.2 Å². The molecule has 0 spiro atoms. The van der Waals surface area contributed by atoms with Crippen LogP contribution in [0.2, 0.25) is 10.0 Å². The van der Waals surface area contributed by atoms with Gasteiger partial charge in [-0.05, 0) is 61.4 Å². The second-order valence-corrected chi connectivity index (χ2v) is 11.2. The lowest BCUT2D eigenvalue weighted by molar-refractivity contribution is 0.556. The molecule has 0 aliphatic rings. The summed E-state index contributed by atoms with van der Waals surface area (Å²) in [5.41, 5.74) is 2.89. The fourth-order valence-electron chi connectivity index (χ4n) is 3.39. The molecule has 1 N–H and O–H groups in total. The van der Waals surface area contributed by atoms with Gasteiger partial charge in [0.1, 0.15) is 0 Å². The minimum atomic E-state index is -3.81. The van der Waals surface area contributed by atoms with E-state index in [9.17, 15) is 8.42 Å². The van der Waals surface area contributed by atoms with Crippen LogP contribution in [0.15, 0.2) is 82.8 Å². The number of aryl methyl sites for hydroxylation is 1. The Morgan fingerprint density at radius 1 is 0.971 bits per heavy atom. The van der Waals surface area contributed by atoms with Crippen LogP contribution in [0, 0.1) is 6.92 Å². The number of rotatable bonds is 8. The summed E-state index contributed by atoms with van der Waals surface area (Å²) in [6.45, 7) is 3.70. The highest BCUT2D eigenvalue weighted by Gasteiger charge is 2.25. The van der Waals surface area contributed by atoms with Crippen LogP contribution in [-0.2, 0) is 15.8 Å². The van der Waals surface area contributed by atoms with Gasteiger partial charge in [-0.3, -0.25) is 4.57 Å². The van der Waals surface area contributed by atoms with E-state index in [-0.39, 0.29) is 4.90 Å². The van der Waals surface area contributed by atoms with E-state index in [1.54, 1.807) is 6.92 Å². The minimum absolute atomic E-state index is 0.118. The maximum atomic E-state index is 13.0. The van der Waals surface area contributed by atoms with Crippen molar-refractivity contribution in [1.29, 1.82) is 0 Å². The Bertz CT molecular complexity index is 1390. The van der Waals surface area contributed by atoms with Crippen LogP contribution in [0.1, 0.15) is 29.9 Å². The summed E-state index contributed by atoms with van der Waals surface area (Å²) in [7, 11) is -3.81. The molecule has 0 fully saturated rings. The summed E-state index contributed by atoms with van der Waals surface area (Å²) < 4.78 is 30.5. The number of hydrogen-bond acceptors (Lipinski definition) is 5. The molecule has 1 unspecified atom stereocenters. The first-order valence-corrected chi connectivity index (χ1v) is 13.6. The maximum Gasteiger partial charge on any atom is 0.241 e. The molecule has 34 heavy (non-hydrogen) atoms. The van der Waals surface area contributed by atoms with Crippen LogP contribution in [0.25, 0.3) is 5.69 Å². The number of nitrogens with zero attached hydrogens (tertiary/aromatic N) is 3. The molecule has 3 aromatic carbocycles. The standard InChI is InChI=1S/C24H22Cl2N4O2S2/c1-16-8-9-20(26)14-22(16)30-23(27-28-24(30)33-15-18-6-4-3-5-7-18)17(2)29-34(31,32)21-12-10-19(25)11-13-21/h3-14,17,29H,15H2,1-2H3. The van der Waals surface area contributed by atoms with Crippen LogP contribution >= 0.6 is 35.0 Å². The van der Waals surface area contributed by atoms with E-state index < -0.39 is 16.1 Å². The Labute approximate surface area is 213 Å². The van der Waals surface area contributed by atoms with Crippen molar-refractivity contribution < 1.29 is 8.42 Å². The second kappa shape index (κ2) is 10.5. The first kappa shape index (κ1) is 24.8. The van der Waals surface area contributed by atoms with Crippen molar-refractivity contribution in [2.24, 2.45) is 0 Å². The summed E-state index contributed by atoms with van der Waals surface area (Å²) in [5.74, 6) is 1.14. The van der Waals surface area contributed by atoms with Gasteiger partial charge in [-0.1, -0.05) is 71.4 Å². The fourth-order valence-corrected chi connectivity index (χ4v) is 5.80. The molecule has 0 amide bonds. The van der Waals surface area contributed by atoms with Crippen molar-refractivity contribution in [2.75, 3.05) is 0 Å². The summed E-state index contributed by atoms with van der Waals surface area (Å²) in [6.07, 6.45) is 0. The third-order valence-corrected chi connectivity index (χ3v) is 8.17. The Hall–Kier alpha value is -2.36. The van der Waals surface area contributed by atoms with Gasteiger partial charge in [-0.25, -0.2) is 13.1 Å². The molecule has 176 valence electrons. The van der Waals surface area contributed by atoms with Crippen molar-refractivity contribution >= 4 is 45.0 Å². The maximum absolute atomic E-state index is 13.0. The van der Waals surface area contributed by atoms with Crippen LogP contribution in [-0.4, -0.2) is 23.2 Å². The molecule has 4 aromatic rings. The van der Waals surface area contributed by atoms with Crippen molar-refractivity contribution in [2.45, 2.75) is 35.7 Å². The third-order valence-electron chi connectivity index (χ3n) is 5.12. The number of thioether (sulfide) groups is 1. The summed E-state index contributed by atoms with van der Waals surface area (Å²) >= 11 is 13.7. The van der Waals surface area contributed by atoms with E-state index >= 15 is 0 Å². The van der Waals surface area contributed by atoms with E-state index in [0.717, 1.165) is 16.8 Å². The Morgan fingerprint density at radius 3 is 2.35 bits per heavy atom. The Morgan fingerprint density at radius 2 is 1.65 bits per heavy atom. The fraction of sp³-hybridized carbons (Fsp3) is 0.167. The van der Waals surface area contributed by atoms with Gasteiger partial charge in [-0.15, -0.1) is 10.2 Å². The molecular weight excluding hydrogens is 511 g/mol. The van der Waals surface area contributed by atoms with Gasteiger partial charge >= 0.3 is 0 Å². The molecule has 0 aliphatic carbocycles. The number of hydrogen-bond donors (Lipinski definition) is 1. The number of halogens is 2. The average molecular weight is 534 g/mol. The number of nitrogens with one attached hydrogen (secondary N) is 1. The smallest absolute Gasteiger partial charge is 0.241 e. The van der Waals surface area contributed by atoms with Crippen molar-refractivity contribution in [3.05, 3.63) is 99.8 Å². The molecule has 1 heterocycles. The zero-order chi connectivity index (χ0) is 24.3. The lowest BCUT2D eigenvalue weighted by Gasteiger charge is -2.18. The molecular formula is C24H22Cl2N4O2S2. The van der Waals surface area contributed by atoms with E-state index in [2.05, 4.69) is 14.9 Å². The summed E-state index contributed by atoms with van der Waals surface area (Å²) in [5, 5.41) is 10.4. The van der Waals surface area contributed by atoms with Gasteiger partial charge in [0.05, 0.1) is 16.6 Å². The minimum Gasteiger partial charge on any atom is -0.272 e. The van der Waals surface area contributed by atoms with Crippen LogP contribution in [0.4, 0.5) is 0 Å². The molecule has 4 rings (SSSR count). The van der Waals surface area contributed by atoms with Crippen molar-refractivity contribution in [3.63, 3.8) is 0 Å². The lowest BCUT2D eigenvalue weighted by atomic mass is 10.2. The number of aromatic nitrogens is 3. The molecule has 6 nitrogen and oxygen atoms in total. The van der Waals surface area contributed by atoms with E-state index in [0.29, 0.717) is 26.8 Å². The van der Waals surface area contributed by atoms with Gasteiger partial charge in [0.2, 0.25) is 10.0 Å². The van der Waals surface area contributed by atoms with Gasteiger partial charge < -0.3 is 0 Å². The predicted molar refractivity (Wildman–Crippen MR) is 137 cm³/mol. The average Bonchev–Trinajstić information content (AvgIpc) is 3.24. The van der Waals surface area contributed by atoms with Gasteiger partial charge in [0.25, 0.3) is 0 Å². The highest BCUT2D eigenvalue weighted by Crippen LogP contribution is 2.31. The Kier molecular flexibility index (Phi) is 7.64. The highest BCUT2D eigenvalue weighted by atomic mass is 35.5. The van der Waals surface area contributed by atoms with Crippen LogP contribution in [0.5, 0.6) is 0 Å². The summed E-state index contributed by atoms with van der Waals surface area (Å²) in [6, 6.07) is 20.9. The Balaban J connectivity index is 1.70. The van der Waals surface area contributed by atoms with Gasteiger partial charge in [0.15, 0.2) is 11.0 Å². The van der Waals surface area contributed by atoms with Gasteiger partial charge in [0, 0.05) is 15.8 Å². The summed E-state index contributed by atoms with van der Waals surface area (Å²) in [4.78, 5) is 0.118. The predicted octanol–water partition coefficient (Wildman–Crippen LogP) is 6.21.